The number of pyridine rings is 1. The van der Waals surface area contributed by atoms with Crippen molar-refractivity contribution >= 4 is 5.82 Å². The van der Waals surface area contributed by atoms with Crippen LogP contribution in [0, 0.1) is 12.8 Å². The Hall–Kier alpha value is -1.09. The first kappa shape index (κ1) is 9.46. The molecule has 0 aliphatic heterocycles. The SMILES string of the molecule is Cc1ccnc(NCC2CC(O)C2)c1. The summed E-state index contributed by atoms with van der Waals surface area (Å²) in [4.78, 5) is 4.22. The third-order valence-corrected chi connectivity index (χ3v) is 2.70. The van der Waals surface area contributed by atoms with Crippen molar-refractivity contribution in [3.8, 4) is 0 Å². The van der Waals surface area contributed by atoms with Gasteiger partial charge >= 0.3 is 0 Å². The van der Waals surface area contributed by atoms with Gasteiger partial charge in [0.1, 0.15) is 5.82 Å². The lowest BCUT2D eigenvalue weighted by molar-refractivity contribution is 0.0486. The van der Waals surface area contributed by atoms with Crippen LogP contribution in [0.1, 0.15) is 18.4 Å². The minimum atomic E-state index is -0.0627. The normalized spacial score (nSPS) is 25.6. The van der Waals surface area contributed by atoms with E-state index >= 15 is 0 Å². The molecule has 1 saturated carbocycles. The number of hydrogen-bond donors (Lipinski definition) is 2. The monoisotopic (exact) mass is 192 g/mol. The van der Waals surface area contributed by atoms with Crippen molar-refractivity contribution < 1.29 is 5.11 Å². The van der Waals surface area contributed by atoms with Gasteiger partial charge in [-0.3, -0.25) is 0 Å². The molecule has 0 amide bonds. The number of aliphatic hydroxyl groups is 1. The highest BCUT2D eigenvalue weighted by molar-refractivity contribution is 5.36. The lowest BCUT2D eigenvalue weighted by atomic mass is 9.82. The van der Waals surface area contributed by atoms with Crippen molar-refractivity contribution in [2.24, 2.45) is 5.92 Å². The van der Waals surface area contributed by atoms with E-state index in [0.717, 1.165) is 25.2 Å². The highest BCUT2D eigenvalue weighted by atomic mass is 16.3. The summed E-state index contributed by atoms with van der Waals surface area (Å²) in [7, 11) is 0. The van der Waals surface area contributed by atoms with Crippen LogP contribution in [-0.2, 0) is 0 Å². The number of nitrogens with one attached hydrogen (secondary N) is 1. The fourth-order valence-electron chi connectivity index (χ4n) is 1.75. The van der Waals surface area contributed by atoms with Crippen molar-refractivity contribution in [2.45, 2.75) is 25.9 Å². The second-order valence-electron chi connectivity index (χ2n) is 4.09. The highest BCUT2D eigenvalue weighted by Gasteiger charge is 2.26. The maximum atomic E-state index is 9.12. The number of aryl methyl sites for hydroxylation is 1. The Bertz CT molecular complexity index is 308. The van der Waals surface area contributed by atoms with Gasteiger partial charge < -0.3 is 10.4 Å². The van der Waals surface area contributed by atoms with Gasteiger partial charge in [0, 0.05) is 12.7 Å². The molecule has 0 radical (unpaired) electrons. The summed E-state index contributed by atoms with van der Waals surface area (Å²) >= 11 is 0. The molecule has 2 N–H and O–H groups in total. The van der Waals surface area contributed by atoms with Crippen molar-refractivity contribution in [1.82, 2.24) is 4.98 Å². The molecule has 3 heteroatoms. The Kier molecular flexibility index (Phi) is 2.68. The fourth-order valence-corrected chi connectivity index (χ4v) is 1.75. The molecule has 3 nitrogen and oxygen atoms in total. The van der Waals surface area contributed by atoms with Crippen LogP contribution in [0.4, 0.5) is 5.82 Å². The number of nitrogens with zero attached hydrogens (tertiary/aromatic N) is 1. The van der Waals surface area contributed by atoms with Crippen LogP contribution in [-0.4, -0.2) is 22.7 Å². The molecule has 1 aliphatic rings. The zero-order valence-corrected chi connectivity index (χ0v) is 8.40. The molecule has 0 bridgehead atoms. The van der Waals surface area contributed by atoms with Crippen LogP contribution in [0.15, 0.2) is 18.3 Å². The molecular formula is C11H16N2O. The lowest BCUT2D eigenvalue weighted by Gasteiger charge is -2.31. The molecule has 0 unspecified atom stereocenters. The molecule has 14 heavy (non-hydrogen) atoms. The van der Waals surface area contributed by atoms with Gasteiger partial charge in [-0.15, -0.1) is 0 Å². The maximum Gasteiger partial charge on any atom is 0.126 e. The van der Waals surface area contributed by atoms with Crippen LogP contribution < -0.4 is 5.32 Å². The molecule has 1 fully saturated rings. The molecule has 1 heterocycles. The average Bonchev–Trinajstić information content (AvgIpc) is 2.11. The van der Waals surface area contributed by atoms with Crippen molar-refractivity contribution in [3.63, 3.8) is 0 Å². The minimum Gasteiger partial charge on any atom is -0.393 e. The van der Waals surface area contributed by atoms with Gasteiger partial charge in [0.25, 0.3) is 0 Å². The van der Waals surface area contributed by atoms with Crippen LogP contribution in [0.3, 0.4) is 0 Å². The van der Waals surface area contributed by atoms with Crippen LogP contribution >= 0.6 is 0 Å². The molecule has 0 aromatic carbocycles. The molecule has 0 saturated heterocycles. The van der Waals surface area contributed by atoms with E-state index in [-0.39, 0.29) is 6.10 Å². The Morgan fingerprint density at radius 3 is 3.00 bits per heavy atom. The first-order valence-electron chi connectivity index (χ1n) is 5.08. The fraction of sp³-hybridized carbons (Fsp3) is 0.545. The van der Waals surface area contributed by atoms with Gasteiger partial charge in [-0.05, 0) is 43.4 Å². The van der Waals surface area contributed by atoms with E-state index in [4.69, 9.17) is 5.11 Å². The quantitative estimate of drug-likeness (QED) is 0.764. The van der Waals surface area contributed by atoms with Crippen LogP contribution in [0.25, 0.3) is 0 Å². The Morgan fingerprint density at radius 1 is 1.57 bits per heavy atom. The number of rotatable bonds is 3. The van der Waals surface area contributed by atoms with Gasteiger partial charge in [-0.1, -0.05) is 0 Å². The molecule has 1 aromatic heterocycles. The minimum absolute atomic E-state index is 0.0627. The van der Waals surface area contributed by atoms with Crippen molar-refractivity contribution in [2.75, 3.05) is 11.9 Å². The van der Waals surface area contributed by atoms with Crippen molar-refractivity contribution in [1.29, 1.82) is 0 Å². The van der Waals surface area contributed by atoms with E-state index in [1.807, 2.05) is 18.3 Å². The molecule has 0 spiro atoms. The predicted molar refractivity (Wildman–Crippen MR) is 56.2 cm³/mol. The van der Waals surface area contributed by atoms with E-state index < -0.39 is 0 Å². The smallest absolute Gasteiger partial charge is 0.126 e. The summed E-state index contributed by atoms with van der Waals surface area (Å²) < 4.78 is 0. The van der Waals surface area contributed by atoms with Gasteiger partial charge in [0.2, 0.25) is 0 Å². The third-order valence-electron chi connectivity index (χ3n) is 2.70. The van der Waals surface area contributed by atoms with Gasteiger partial charge in [-0.2, -0.15) is 0 Å². The second kappa shape index (κ2) is 3.96. The number of hydrogen-bond acceptors (Lipinski definition) is 3. The summed E-state index contributed by atoms with van der Waals surface area (Å²) in [6.07, 6.45) is 3.61. The van der Waals surface area contributed by atoms with E-state index in [9.17, 15) is 0 Å². The van der Waals surface area contributed by atoms with E-state index in [1.165, 1.54) is 5.56 Å². The summed E-state index contributed by atoms with van der Waals surface area (Å²) in [6, 6.07) is 4.02. The maximum absolute atomic E-state index is 9.12. The Balaban J connectivity index is 1.80. The summed E-state index contributed by atoms with van der Waals surface area (Å²) in [5.41, 5.74) is 1.22. The summed E-state index contributed by atoms with van der Waals surface area (Å²) in [5, 5.41) is 12.4. The first-order valence-corrected chi connectivity index (χ1v) is 5.08. The second-order valence-corrected chi connectivity index (χ2v) is 4.09. The molecule has 76 valence electrons. The van der Waals surface area contributed by atoms with Crippen LogP contribution in [0.5, 0.6) is 0 Å². The summed E-state index contributed by atoms with van der Waals surface area (Å²) in [5.74, 6) is 1.55. The Labute approximate surface area is 84.2 Å². The highest BCUT2D eigenvalue weighted by Crippen LogP contribution is 2.27. The van der Waals surface area contributed by atoms with Gasteiger partial charge in [0.05, 0.1) is 6.10 Å². The number of anilines is 1. The average molecular weight is 192 g/mol. The zero-order chi connectivity index (χ0) is 9.97. The third kappa shape index (κ3) is 2.23. The molecule has 1 aromatic rings. The van der Waals surface area contributed by atoms with E-state index in [2.05, 4.69) is 17.2 Å². The van der Waals surface area contributed by atoms with Gasteiger partial charge in [0.15, 0.2) is 0 Å². The van der Waals surface area contributed by atoms with Gasteiger partial charge in [-0.25, -0.2) is 4.98 Å². The molecule has 2 rings (SSSR count). The van der Waals surface area contributed by atoms with E-state index in [1.54, 1.807) is 0 Å². The predicted octanol–water partition coefficient (Wildman–Crippen LogP) is 1.57. The number of aliphatic hydroxyl groups excluding tert-OH is 1. The number of aromatic nitrogens is 1. The molecule has 0 atom stereocenters. The standard InChI is InChI=1S/C11H16N2O/c1-8-2-3-12-11(4-8)13-7-9-5-10(14)6-9/h2-4,9-10,14H,5-7H2,1H3,(H,12,13). The van der Waals surface area contributed by atoms with Crippen molar-refractivity contribution in [3.05, 3.63) is 23.9 Å². The largest absolute Gasteiger partial charge is 0.393 e. The topological polar surface area (TPSA) is 45.2 Å². The Morgan fingerprint density at radius 2 is 2.36 bits per heavy atom. The lowest BCUT2D eigenvalue weighted by Crippen LogP contribution is -2.33. The van der Waals surface area contributed by atoms with E-state index in [0.29, 0.717) is 5.92 Å². The zero-order valence-electron chi connectivity index (χ0n) is 8.40. The first-order chi connectivity index (χ1) is 6.74. The summed E-state index contributed by atoms with van der Waals surface area (Å²) in [6.45, 7) is 2.98. The molecular weight excluding hydrogens is 176 g/mol. The van der Waals surface area contributed by atoms with Crippen LogP contribution in [0.2, 0.25) is 0 Å². The molecule has 1 aliphatic carbocycles.